The normalized spacial score (nSPS) is 43.9. The molecular weight excluding hydrogens is 178 g/mol. The molecule has 0 aromatic carbocycles. The molecule has 0 heterocycles. The summed E-state index contributed by atoms with van der Waals surface area (Å²) in [4.78, 5) is 10.8. The van der Waals surface area contributed by atoms with Crippen molar-refractivity contribution in [3.05, 3.63) is 0 Å². The molecular formula is C11H19NO2. The van der Waals surface area contributed by atoms with Gasteiger partial charge in [0, 0.05) is 5.41 Å². The molecule has 2 aliphatic carbocycles. The summed E-state index contributed by atoms with van der Waals surface area (Å²) in [6, 6.07) is 0. The minimum absolute atomic E-state index is 0.0359. The zero-order valence-electron chi connectivity index (χ0n) is 9.17. The number of hydrogen-bond acceptors (Lipinski definition) is 2. The maximum Gasteiger partial charge on any atom is 0.404 e. The first-order valence-electron chi connectivity index (χ1n) is 5.34. The van der Waals surface area contributed by atoms with Gasteiger partial charge in [-0.15, -0.1) is 0 Å². The fraction of sp³-hybridized carbons (Fsp3) is 0.909. The van der Waals surface area contributed by atoms with E-state index in [1.54, 1.807) is 0 Å². The van der Waals surface area contributed by atoms with Crippen molar-refractivity contribution in [2.24, 2.45) is 22.5 Å². The van der Waals surface area contributed by atoms with E-state index in [1.807, 2.05) is 0 Å². The van der Waals surface area contributed by atoms with Gasteiger partial charge in [-0.2, -0.15) is 0 Å². The molecule has 2 fully saturated rings. The van der Waals surface area contributed by atoms with Crippen LogP contribution < -0.4 is 5.73 Å². The first-order chi connectivity index (χ1) is 6.38. The molecule has 0 aliphatic heterocycles. The van der Waals surface area contributed by atoms with Gasteiger partial charge in [0.05, 0.1) is 0 Å². The highest BCUT2D eigenvalue weighted by atomic mass is 16.6. The third-order valence-electron chi connectivity index (χ3n) is 4.97. The van der Waals surface area contributed by atoms with E-state index in [0.717, 1.165) is 12.8 Å². The Balaban J connectivity index is 2.23. The topological polar surface area (TPSA) is 52.3 Å². The Bertz CT molecular complexity index is 274. The number of amides is 1. The minimum Gasteiger partial charge on any atom is -0.446 e. The third kappa shape index (κ3) is 1.01. The zero-order chi connectivity index (χ0) is 10.6. The lowest BCUT2D eigenvalue weighted by molar-refractivity contribution is -0.000432. The van der Waals surface area contributed by atoms with Crippen LogP contribution in [0.3, 0.4) is 0 Å². The second-order valence-corrected chi connectivity index (χ2v) is 5.54. The van der Waals surface area contributed by atoms with Crippen LogP contribution in [0.15, 0.2) is 0 Å². The maximum atomic E-state index is 10.8. The molecule has 3 nitrogen and oxygen atoms in total. The van der Waals surface area contributed by atoms with E-state index >= 15 is 0 Å². The SMILES string of the molecule is CC1(C)[C@@H]2CC[C@]1(C)[C@@H](OC(N)=O)C2. The van der Waals surface area contributed by atoms with E-state index in [4.69, 9.17) is 10.5 Å². The van der Waals surface area contributed by atoms with Crippen LogP contribution in [0.25, 0.3) is 0 Å². The first kappa shape index (κ1) is 9.81. The summed E-state index contributed by atoms with van der Waals surface area (Å²) in [5, 5.41) is 0. The number of ether oxygens (including phenoxy) is 1. The highest BCUT2D eigenvalue weighted by molar-refractivity contribution is 5.65. The molecule has 0 aromatic heterocycles. The number of fused-ring (bicyclic) bond motifs is 2. The summed E-state index contributed by atoms with van der Waals surface area (Å²) in [6.45, 7) is 6.80. The summed E-state index contributed by atoms with van der Waals surface area (Å²) in [6.07, 6.45) is 2.82. The molecule has 2 rings (SSSR count). The van der Waals surface area contributed by atoms with Gasteiger partial charge in [0.15, 0.2) is 0 Å². The van der Waals surface area contributed by atoms with Gasteiger partial charge in [-0.3, -0.25) is 0 Å². The molecule has 2 bridgehead atoms. The first-order valence-corrected chi connectivity index (χ1v) is 5.34. The molecule has 0 unspecified atom stereocenters. The fourth-order valence-corrected chi connectivity index (χ4v) is 3.45. The van der Waals surface area contributed by atoms with Crippen molar-refractivity contribution in [1.82, 2.24) is 0 Å². The van der Waals surface area contributed by atoms with Crippen LogP contribution in [0.5, 0.6) is 0 Å². The van der Waals surface area contributed by atoms with Crippen LogP contribution in [-0.4, -0.2) is 12.2 Å². The lowest BCUT2D eigenvalue weighted by Gasteiger charge is -2.38. The Morgan fingerprint density at radius 3 is 2.43 bits per heavy atom. The molecule has 0 spiro atoms. The number of carbonyl (C=O) groups excluding carboxylic acids is 1. The largest absolute Gasteiger partial charge is 0.446 e. The Morgan fingerprint density at radius 1 is 1.43 bits per heavy atom. The van der Waals surface area contributed by atoms with Crippen LogP contribution in [0.4, 0.5) is 4.79 Å². The Morgan fingerprint density at radius 2 is 2.07 bits per heavy atom. The molecule has 3 atom stereocenters. The predicted octanol–water partition coefficient (Wildman–Crippen LogP) is 2.30. The van der Waals surface area contributed by atoms with Crippen molar-refractivity contribution in [2.75, 3.05) is 0 Å². The number of carbonyl (C=O) groups is 1. The highest BCUT2D eigenvalue weighted by Crippen LogP contribution is 2.66. The van der Waals surface area contributed by atoms with E-state index in [1.165, 1.54) is 6.42 Å². The van der Waals surface area contributed by atoms with Crippen molar-refractivity contribution in [3.8, 4) is 0 Å². The van der Waals surface area contributed by atoms with Crippen molar-refractivity contribution in [3.63, 3.8) is 0 Å². The van der Waals surface area contributed by atoms with Gasteiger partial charge in [0.2, 0.25) is 0 Å². The van der Waals surface area contributed by atoms with Crippen LogP contribution in [0.1, 0.15) is 40.0 Å². The molecule has 80 valence electrons. The van der Waals surface area contributed by atoms with Gasteiger partial charge in [0.1, 0.15) is 6.10 Å². The third-order valence-corrected chi connectivity index (χ3v) is 4.97. The minimum atomic E-state index is -0.625. The van der Waals surface area contributed by atoms with Crippen LogP contribution in [0, 0.1) is 16.7 Å². The molecule has 3 heteroatoms. The van der Waals surface area contributed by atoms with Crippen molar-refractivity contribution >= 4 is 6.09 Å². The number of hydrogen-bond donors (Lipinski definition) is 1. The zero-order valence-corrected chi connectivity index (χ0v) is 9.17. The summed E-state index contributed by atoms with van der Waals surface area (Å²) in [7, 11) is 0. The van der Waals surface area contributed by atoms with Gasteiger partial charge >= 0.3 is 6.09 Å². The Hall–Kier alpha value is -0.730. The number of nitrogens with two attached hydrogens (primary N) is 1. The van der Waals surface area contributed by atoms with E-state index < -0.39 is 6.09 Å². The van der Waals surface area contributed by atoms with Gasteiger partial charge in [0.25, 0.3) is 0 Å². The van der Waals surface area contributed by atoms with Gasteiger partial charge in [-0.1, -0.05) is 20.8 Å². The average molecular weight is 197 g/mol. The van der Waals surface area contributed by atoms with Crippen molar-refractivity contribution < 1.29 is 9.53 Å². The molecule has 14 heavy (non-hydrogen) atoms. The average Bonchev–Trinajstić information content (AvgIpc) is 2.35. The van der Waals surface area contributed by atoms with Gasteiger partial charge in [-0.25, -0.2) is 4.79 Å². The molecule has 2 saturated carbocycles. The summed E-state index contributed by atoms with van der Waals surface area (Å²) in [5.74, 6) is 0.692. The fourth-order valence-electron chi connectivity index (χ4n) is 3.45. The highest BCUT2D eigenvalue weighted by Gasteiger charge is 2.62. The molecule has 2 N–H and O–H groups in total. The van der Waals surface area contributed by atoms with Crippen LogP contribution >= 0.6 is 0 Å². The molecule has 0 saturated heterocycles. The van der Waals surface area contributed by atoms with Crippen LogP contribution in [-0.2, 0) is 4.74 Å². The lowest BCUT2D eigenvalue weighted by Crippen LogP contribution is -2.39. The number of primary amides is 1. The monoisotopic (exact) mass is 197 g/mol. The molecule has 0 aromatic rings. The van der Waals surface area contributed by atoms with Crippen LogP contribution in [0.2, 0.25) is 0 Å². The molecule has 0 radical (unpaired) electrons. The predicted molar refractivity (Wildman–Crippen MR) is 53.7 cm³/mol. The van der Waals surface area contributed by atoms with Gasteiger partial charge < -0.3 is 10.5 Å². The summed E-state index contributed by atoms with van der Waals surface area (Å²) < 4.78 is 5.22. The lowest BCUT2D eigenvalue weighted by atomic mass is 9.70. The molecule has 1 amide bonds. The Labute approximate surface area is 85.0 Å². The van der Waals surface area contributed by atoms with E-state index in [-0.39, 0.29) is 16.9 Å². The maximum absolute atomic E-state index is 10.8. The standard InChI is InChI=1S/C11H19NO2/c1-10(2)7-4-5-11(10,3)8(6-7)14-9(12)13/h7-8H,4-6H2,1-3H3,(H2,12,13)/t7-,8+,11-/m1/s1. The quantitative estimate of drug-likeness (QED) is 0.701. The molecule has 2 aliphatic rings. The van der Waals surface area contributed by atoms with Crippen molar-refractivity contribution in [2.45, 2.75) is 46.1 Å². The van der Waals surface area contributed by atoms with Crippen molar-refractivity contribution in [1.29, 1.82) is 0 Å². The number of rotatable bonds is 1. The summed E-state index contributed by atoms with van der Waals surface area (Å²) >= 11 is 0. The summed E-state index contributed by atoms with van der Waals surface area (Å²) in [5.41, 5.74) is 5.51. The van der Waals surface area contributed by atoms with E-state index in [0.29, 0.717) is 5.92 Å². The second kappa shape index (κ2) is 2.65. The smallest absolute Gasteiger partial charge is 0.404 e. The Kier molecular flexibility index (Phi) is 1.85. The van der Waals surface area contributed by atoms with Gasteiger partial charge in [-0.05, 0) is 30.6 Å². The second-order valence-electron chi connectivity index (χ2n) is 5.54. The van der Waals surface area contributed by atoms with E-state index in [2.05, 4.69) is 20.8 Å². The van der Waals surface area contributed by atoms with E-state index in [9.17, 15) is 4.79 Å².